The van der Waals surface area contributed by atoms with Crippen LogP contribution in [0.1, 0.15) is 408 Å². The molecule has 5 atom stereocenters. The normalized spacial score (nSPS) is 14.0. The van der Waals surface area contributed by atoms with Gasteiger partial charge in [0.2, 0.25) is 0 Å². The van der Waals surface area contributed by atoms with E-state index in [1.54, 1.807) is 0 Å². The Balaban J connectivity index is 5.13. The fourth-order valence-electron chi connectivity index (χ4n) is 12.1. The molecule has 0 aliphatic heterocycles. The van der Waals surface area contributed by atoms with E-state index < -0.39 is 97.5 Å². The molecule has 0 amide bonds. The summed E-state index contributed by atoms with van der Waals surface area (Å²) >= 11 is 0. The van der Waals surface area contributed by atoms with Crippen LogP contribution in [0.3, 0.4) is 0 Å². The number of esters is 4. The molecule has 0 aliphatic rings. The van der Waals surface area contributed by atoms with Crippen molar-refractivity contribution in [3.05, 3.63) is 0 Å². The molecule has 3 N–H and O–H groups in total. The third-order valence-electron chi connectivity index (χ3n) is 18.4. The highest BCUT2D eigenvalue weighted by molar-refractivity contribution is 7.47. The molecule has 17 nitrogen and oxygen atoms in total. The predicted octanol–water partition coefficient (Wildman–Crippen LogP) is 23.4. The van der Waals surface area contributed by atoms with Crippen LogP contribution >= 0.6 is 15.6 Å². The number of unbranched alkanes of at least 4 members (excludes halogenated alkanes) is 45. The van der Waals surface area contributed by atoms with Gasteiger partial charge in [0.1, 0.15) is 19.3 Å². The van der Waals surface area contributed by atoms with E-state index in [-0.39, 0.29) is 25.7 Å². The van der Waals surface area contributed by atoms with Crippen LogP contribution in [0.25, 0.3) is 0 Å². The summed E-state index contributed by atoms with van der Waals surface area (Å²) in [6, 6.07) is 0. The summed E-state index contributed by atoms with van der Waals surface area (Å²) in [4.78, 5) is 72.6. The minimum Gasteiger partial charge on any atom is -0.462 e. The van der Waals surface area contributed by atoms with Crippen LogP contribution < -0.4 is 0 Å². The van der Waals surface area contributed by atoms with Crippen LogP contribution in [0.2, 0.25) is 0 Å². The molecule has 0 fully saturated rings. The minimum atomic E-state index is -4.96. The summed E-state index contributed by atoms with van der Waals surface area (Å²) in [6.45, 7) is 11.9. The zero-order valence-electron chi connectivity index (χ0n) is 64.3. The van der Waals surface area contributed by atoms with Crippen molar-refractivity contribution in [2.24, 2.45) is 17.8 Å². The average Bonchev–Trinajstić information content (AvgIpc) is 1.06. The highest BCUT2D eigenvalue weighted by atomic mass is 31.2. The fourth-order valence-corrected chi connectivity index (χ4v) is 13.7. The van der Waals surface area contributed by atoms with Crippen molar-refractivity contribution in [3.63, 3.8) is 0 Å². The van der Waals surface area contributed by atoms with Crippen molar-refractivity contribution >= 4 is 39.5 Å². The van der Waals surface area contributed by atoms with Gasteiger partial charge in [-0.25, -0.2) is 9.13 Å². The molecule has 0 aromatic carbocycles. The van der Waals surface area contributed by atoms with E-state index in [0.717, 1.165) is 114 Å². The summed E-state index contributed by atoms with van der Waals surface area (Å²) in [5, 5.41) is 10.6. The smallest absolute Gasteiger partial charge is 0.462 e. The molecule has 0 saturated heterocycles. The third-order valence-corrected chi connectivity index (χ3v) is 20.3. The maximum Gasteiger partial charge on any atom is 0.472 e. The number of ether oxygens (including phenoxy) is 4. The van der Waals surface area contributed by atoms with Gasteiger partial charge in [-0.05, 0) is 43.4 Å². The fraction of sp³-hybridized carbons (Fsp3) is 0.949. The predicted molar refractivity (Wildman–Crippen MR) is 400 cm³/mol. The Morgan fingerprint density at radius 3 is 0.694 bits per heavy atom. The summed E-state index contributed by atoms with van der Waals surface area (Å²) in [5.41, 5.74) is 0. The minimum absolute atomic E-state index is 0.106. The number of aliphatic hydroxyl groups excluding tert-OH is 1. The summed E-state index contributed by atoms with van der Waals surface area (Å²) in [7, 11) is -9.91. The maximum atomic E-state index is 13.1. The second-order valence-corrected chi connectivity index (χ2v) is 32.8. The first-order valence-corrected chi connectivity index (χ1v) is 43.8. The Morgan fingerprint density at radius 1 is 0.276 bits per heavy atom. The first-order chi connectivity index (χ1) is 47.2. The monoisotopic (exact) mass is 1440 g/mol. The topological polar surface area (TPSA) is 237 Å². The van der Waals surface area contributed by atoms with E-state index in [4.69, 9.17) is 37.0 Å². The summed E-state index contributed by atoms with van der Waals surface area (Å²) in [5.74, 6) is 0.274. The lowest BCUT2D eigenvalue weighted by molar-refractivity contribution is -0.161. The molecule has 19 heteroatoms. The second kappa shape index (κ2) is 69.4. The lowest BCUT2D eigenvalue weighted by Crippen LogP contribution is -2.30. The van der Waals surface area contributed by atoms with Gasteiger partial charge in [0.25, 0.3) is 0 Å². The van der Waals surface area contributed by atoms with E-state index in [1.807, 2.05) is 0 Å². The third kappa shape index (κ3) is 72.4. The lowest BCUT2D eigenvalue weighted by atomic mass is 10.0. The molecule has 0 aliphatic carbocycles. The summed E-state index contributed by atoms with van der Waals surface area (Å²) in [6.07, 6.45) is 57.3. The number of carbonyl (C=O) groups is 4. The maximum absolute atomic E-state index is 13.1. The van der Waals surface area contributed by atoms with Crippen LogP contribution in [0.5, 0.6) is 0 Å². The molecule has 0 heterocycles. The number of rotatable bonds is 77. The standard InChI is InChI=1S/C79H154O17P2/c1-8-9-10-43-53-60-76(81)89-66-74(95-78(83)62-56-49-42-36-30-24-23-27-33-39-46-52-59-72(6)7)68-93-97(85,86)91-64-73(80)65-92-98(87,88)94-69-75(96-79(84)63-55-48-41-35-29-22-18-14-12-16-20-26-32-38-45-51-58-71(4)5)67-90-77(82)61-54-47-40-34-28-21-17-13-11-15-19-25-31-37-44-50-57-70(2)3/h70-75,80H,8-69H2,1-7H3,(H,85,86)(H,87,88)/t73-,74+,75+/m0/s1. The van der Waals surface area contributed by atoms with Gasteiger partial charge in [0.05, 0.1) is 26.4 Å². The summed E-state index contributed by atoms with van der Waals surface area (Å²) < 4.78 is 68.4. The molecule has 582 valence electrons. The van der Waals surface area contributed by atoms with E-state index in [9.17, 15) is 43.2 Å². The van der Waals surface area contributed by atoms with E-state index >= 15 is 0 Å². The zero-order valence-corrected chi connectivity index (χ0v) is 66.0. The number of hydrogen-bond acceptors (Lipinski definition) is 15. The number of carbonyl (C=O) groups excluding carboxylic acids is 4. The van der Waals surface area contributed by atoms with Crippen LogP contribution in [0.4, 0.5) is 0 Å². The largest absolute Gasteiger partial charge is 0.472 e. The quantitative estimate of drug-likeness (QED) is 0.0222. The Kier molecular flexibility index (Phi) is 68.1. The molecular weight excluding hydrogens is 1280 g/mol. The first-order valence-electron chi connectivity index (χ1n) is 40.8. The zero-order chi connectivity index (χ0) is 72.3. The van der Waals surface area contributed by atoms with Crippen molar-refractivity contribution in [2.75, 3.05) is 39.6 Å². The van der Waals surface area contributed by atoms with Crippen molar-refractivity contribution < 1.29 is 80.2 Å². The molecule has 0 rings (SSSR count). The van der Waals surface area contributed by atoms with Crippen LogP contribution in [-0.4, -0.2) is 96.7 Å². The molecule has 2 unspecified atom stereocenters. The van der Waals surface area contributed by atoms with Gasteiger partial charge in [0, 0.05) is 25.7 Å². The van der Waals surface area contributed by atoms with Gasteiger partial charge >= 0.3 is 39.5 Å². The van der Waals surface area contributed by atoms with Crippen molar-refractivity contribution in [3.8, 4) is 0 Å². The molecule has 0 aromatic heterocycles. The lowest BCUT2D eigenvalue weighted by Gasteiger charge is -2.21. The van der Waals surface area contributed by atoms with Crippen LogP contribution in [0.15, 0.2) is 0 Å². The van der Waals surface area contributed by atoms with E-state index in [1.165, 1.54) is 212 Å². The Morgan fingerprint density at radius 2 is 0.469 bits per heavy atom. The van der Waals surface area contributed by atoms with Crippen molar-refractivity contribution in [2.45, 2.75) is 426 Å². The number of aliphatic hydroxyl groups is 1. The van der Waals surface area contributed by atoms with Crippen molar-refractivity contribution in [1.82, 2.24) is 0 Å². The molecule has 0 radical (unpaired) electrons. The van der Waals surface area contributed by atoms with Crippen LogP contribution in [-0.2, 0) is 65.4 Å². The van der Waals surface area contributed by atoms with E-state index in [2.05, 4.69) is 48.5 Å². The molecule has 0 saturated carbocycles. The van der Waals surface area contributed by atoms with Crippen molar-refractivity contribution in [1.29, 1.82) is 0 Å². The first kappa shape index (κ1) is 96.1. The number of hydrogen-bond donors (Lipinski definition) is 3. The molecule has 0 aromatic rings. The Hall–Kier alpha value is -1.94. The van der Waals surface area contributed by atoms with Gasteiger partial charge in [-0.3, -0.25) is 37.3 Å². The van der Waals surface area contributed by atoms with E-state index in [0.29, 0.717) is 25.7 Å². The molecule has 0 spiro atoms. The Bertz CT molecular complexity index is 1900. The highest BCUT2D eigenvalue weighted by Gasteiger charge is 2.30. The molecule has 98 heavy (non-hydrogen) atoms. The number of phosphoric ester groups is 2. The van der Waals surface area contributed by atoms with Crippen LogP contribution in [0, 0.1) is 17.8 Å². The van der Waals surface area contributed by atoms with Gasteiger partial charge in [-0.15, -0.1) is 0 Å². The molecular formula is C79H154O17P2. The number of phosphoric acid groups is 2. The van der Waals surface area contributed by atoms with Gasteiger partial charge in [0.15, 0.2) is 12.2 Å². The average molecular weight is 1440 g/mol. The SMILES string of the molecule is CCCCCCCC(=O)OC[C@H](COP(=O)(O)OC[C@H](O)COP(=O)(O)OC[C@@H](COC(=O)CCCCCCCCCCCCCCCCCCC(C)C)OC(=O)CCCCCCCCCCCCCCCCCCC(C)C)OC(=O)CCCCCCCCCCCCCCC(C)C. The van der Waals surface area contributed by atoms with Gasteiger partial charge < -0.3 is 33.8 Å². The molecule has 0 bridgehead atoms. The highest BCUT2D eigenvalue weighted by Crippen LogP contribution is 2.45. The van der Waals surface area contributed by atoms with Gasteiger partial charge in [-0.2, -0.15) is 0 Å². The second-order valence-electron chi connectivity index (χ2n) is 29.9. The Labute approximate surface area is 600 Å². The van der Waals surface area contributed by atoms with Gasteiger partial charge in [-0.1, -0.05) is 357 Å².